The monoisotopic (exact) mass is 596 g/mol. The molecule has 2 aromatic heterocycles. The standard InChI is InChI=1S/C22H18Cl2N6O2S4/c1-11-27-29-21(35-11)33-9-19(31)25-17-5-3-13(7-15(17)23)14-4-6-18(16(24)8-14)26-20(32)10-34-22-30-28-12(2)36-22/h3-8H,9-10H2,1-2H3,(H,25,31)(H,26,32). The summed E-state index contributed by atoms with van der Waals surface area (Å²) in [6, 6.07) is 10.7. The molecular weight excluding hydrogens is 579 g/mol. The van der Waals surface area contributed by atoms with E-state index in [1.165, 1.54) is 46.2 Å². The second-order valence-corrected chi connectivity index (χ2v) is 12.9. The Morgan fingerprint density at radius 3 is 1.50 bits per heavy atom. The molecule has 2 amide bonds. The van der Waals surface area contributed by atoms with Crippen molar-refractivity contribution in [2.45, 2.75) is 22.5 Å². The fourth-order valence-electron chi connectivity index (χ4n) is 2.89. The van der Waals surface area contributed by atoms with Gasteiger partial charge in [-0.05, 0) is 49.2 Å². The number of aryl methyl sites for hydroxylation is 2. The predicted octanol–water partition coefficient (Wildman–Crippen LogP) is 6.44. The SMILES string of the molecule is Cc1nnc(SCC(=O)Nc2ccc(-c3ccc(NC(=O)CSc4nnc(C)s4)c(Cl)c3)cc2Cl)s1. The summed E-state index contributed by atoms with van der Waals surface area (Å²) in [5.74, 6) is 0.0260. The first-order valence-electron chi connectivity index (χ1n) is 10.3. The molecule has 0 spiro atoms. The highest BCUT2D eigenvalue weighted by atomic mass is 35.5. The normalized spacial score (nSPS) is 10.9. The van der Waals surface area contributed by atoms with Crippen LogP contribution < -0.4 is 10.6 Å². The van der Waals surface area contributed by atoms with E-state index in [1.54, 1.807) is 24.3 Å². The van der Waals surface area contributed by atoms with Crippen molar-refractivity contribution in [3.63, 3.8) is 0 Å². The van der Waals surface area contributed by atoms with E-state index in [9.17, 15) is 9.59 Å². The number of amides is 2. The minimum absolute atomic E-state index is 0.190. The lowest BCUT2D eigenvalue weighted by Gasteiger charge is -2.11. The molecule has 0 saturated carbocycles. The van der Waals surface area contributed by atoms with Crippen molar-refractivity contribution >= 4 is 92.6 Å². The Balaban J connectivity index is 1.34. The van der Waals surface area contributed by atoms with Crippen LogP contribution >= 0.6 is 69.4 Å². The van der Waals surface area contributed by atoms with Crippen molar-refractivity contribution in [2.75, 3.05) is 22.1 Å². The Hall–Kier alpha value is -2.22. The first-order chi connectivity index (χ1) is 17.3. The predicted molar refractivity (Wildman–Crippen MR) is 150 cm³/mol. The highest BCUT2D eigenvalue weighted by Crippen LogP contribution is 2.33. The van der Waals surface area contributed by atoms with Gasteiger partial charge in [0.15, 0.2) is 8.68 Å². The molecule has 4 rings (SSSR count). The van der Waals surface area contributed by atoms with Crippen molar-refractivity contribution in [1.29, 1.82) is 0 Å². The molecule has 0 aliphatic carbocycles. The molecule has 0 fully saturated rings. The lowest BCUT2D eigenvalue weighted by Crippen LogP contribution is -2.14. The molecule has 0 unspecified atom stereocenters. The molecule has 2 N–H and O–H groups in total. The van der Waals surface area contributed by atoms with Crippen LogP contribution in [0.3, 0.4) is 0 Å². The third-order valence-electron chi connectivity index (χ3n) is 4.49. The van der Waals surface area contributed by atoms with Gasteiger partial charge >= 0.3 is 0 Å². The maximum atomic E-state index is 12.3. The third-order valence-corrected chi connectivity index (χ3v) is 9.06. The minimum atomic E-state index is -0.190. The summed E-state index contributed by atoms with van der Waals surface area (Å²) >= 11 is 18.4. The average molecular weight is 598 g/mol. The minimum Gasteiger partial charge on any atom is -0.324 e. The zero-order valence-corrected chi connectivity index (χ0v) is 23.7. The second-order valence-electron chi connectivity index (χ2n) is 7.24. The van der Waals surface area contributed by atoms with Gasteiger partial charge in [0, 0.05) is 0 Å². The maximum absolute atomic E-state index is 12.3. The van der Waals surface area contributed by atoms with Gasteiger partial charge in [-0.25, -0.2) is 0 Å². The van der Waals surface area contributed by atoms with Gasteiger partial charge in [-0.3, -0.25) is 9.59 Å². The first kappa shape index (κ1) is 26.8. The van der Waals surface area contributed by atoms with Gasteiger partial charge in [-0.2, -0.15) is 0 Å². The molecule has 4 aromatic rings. The van der Waals surface area contributed by atoms with E-state index in [0.717, 1.165) is 29.8 Å². The lowest BCUT2D eigenvalue weighted by molar-refractivity contribution is -0.114. The number of nitrogens with zero attached hydrogens (tertiary/aromatic N) is 4. The van der Waals surface area contributed by atoms with Crippen molar-refractivity contribution in [3.05, 3.63) is 56.5 Å². The number of thioether (sulfide) groups is 2. The third kappa shape index (κ3) is 7.40. The smallest absolute Gasteiger partial charge is 0.234 e. The summed E-state index contributed by atoms with van der Waals surface area (Å²) < 4.78 is 1.48. The van der Waals surface area contributed by atoms with E-state index in [0.29, 0.717) is 21.4 Å². The van der Waals surface area contributed by atoms with Crippen molar-refractivity contribution in [1.82, 2.24) is 20.4 Å². The van der Waals surface area contributed by atoms with Gasteiger partial charge in [-0.1, -0.05) is 81.5 Å². The van der Waals surface area contributed by atoms with Crippen molar-refractivity contribution < 1.29 is 9.59 Å². The number of carbonyl (C=O) groups excluding carboxylic acids is 2. The topological polar surface area (TPSA) is 110 Å². The molecule has 8 nitrogen and oxygen atoms in total. The molecule has 0 aliphatic heterocycles. The average Bonchev–Trinajstić information content (AvgIpc) is 3.46. The summed E-state index contributed by atoms with van der Waals surface area (Å²) in [4.78, 5) is 24.6. The van der Waals surface area contributed by atoms with Crippen LogP contribution in [0.5, 0.6) is 0 Å². The van der Waals surface area contributed by atoms with E-state index < -0.39 is 0 Å². The summed E-state index contributed by atoms with van der Waals surface area (Å²) in [5, 5.41) is 24.0. The number of halogens is 2. The Bertz CT molecular complexity index is 1310. The molecule has 0 bridgehead atoms. The molecule has 2 aromatic carbocycles. The molecule has 186 valence electrons. The number of hydrogen-bond acceptors (Lipinski definition) is 10. The van der Waals surface area contributed by atoms with Crippen LogP contribution in [-0.4, -0.2) is 43.7 Å². The number of anilines is 2. The number of nitrogens with one attached hydrogen (secondary N) is 2. The van der Waals surface area contributed by atoms with Crippen LogP contribution in [0, 0.1) is 13.8 Å². The Morgan fingerprint density at radius 1 is 0.750 bits per heavy atom. The van der Waals surface area contributed by atoms with Crippen LogP contribution in [0.15, 0.2) is 45.1 Å². The van der Waals surface area contributed by atoms with E-state index in [4.69, 9.17) is 23.2 Å². The molecule has 14 heteroatoms. The molecule has 0 radical (unpaired) electrons. The van der Waals surface area contributed by atoms with Crippen molar-refractivity contribution in [3.8, 4) is 11.1 Å². The summed E-state index contributed by atoms with van der Waals surface area (Å²) in [7, 11) is 0. The zero-order chi connectivity index (χ0) is 25.7. The van der Waals surface area contributed by atoms with Crippen LogP contribution in [0.4, 0.5) is 11.4 Å². The van der Waals surface area contributed by atoms with Gasteiger partial charge in [0.2, 0.25) is 11.8 Å². The van der Waals surface area contributed by atoms with Crippen LogP contribution in [0.25, 0.3) is 11.1 Å². The van der Waals surface area contributed by atoms with Gasteiger partial charge in [-0.15, -0.1) is 20.4 Å². The fourth-order valence-corrected chi connectivity index (χ4v) is 6.58. The molecule has 0 saturated heterocycles. The summed E-state index contributed by atoms with van der Waals surface area (Å²) in [5.41, 5.74) is 2.66. The number of rotatable bonds is 9. The van der Waals surface area contributed by atoms with E-state index >= 15 is 0 Å². The highest BCUT2D eigenvalue weighted by molar-refractivity contribution is 8.01. The first-order valence-corrected chi connectivity index (χ1v) is 14.7. The summed E-state index contributed by atoms with van der Waals surface area (Å²) in [6.45, 7) is 3.73. The number of carbonyl (C=O) groups is 2. The van der Waals surface area contributed by atoms with Crippen LogP contribution in [0.2, 0.25) is 10.0 Å². The summed E-state index contributed by atoms with van der Waals surface area (Å²) in [6.07, 6.45) is 0. The fraction of sp³-hybridized carbons (Fsp3) is 0.182. The van der Waals surface area contributed by atoms with Crippen LogP contribution in [0.1, 0.15) is 10.0 Å². The van der Waals surface area contributed by atoms with Gasteiger partial charge in [0.1, 0.15) is 10.0 Å². The van der Waals surface area contributed by atoms with Gasteiger partial charge in [0.25, 0.3) is 0 Å². The Morgan fingerprint density at radius 2 is 1.17 bits per heavy atom. The number of benzene rings is 2. The molecule has 0 atom stereocenters. The second kappa shape index (κ2) is 12.3. The molecule has 0 aliphatic rings. The number of hydrogen-bond donors (Lipinski definition) is 2. The van der Waals surface area contributed by atoms with E-state index in [2.05, 4.69) is 31.0 Å². The Kier molecular flexibility index (Phi) is 9.20. The number of aromatic nitrogens is 4. The van der Waals surface area contributed by atoms with E-state index in [1.807, 2.05) is 26.0 Å². The highest BCUT2D eigenvalue weighted by Gasteiger charge is 2.13. The van der Waals surface area contributed by atoms with E-state index in [-0.39, 0.29) is 23.3 Å². The van der Waals surface area contributed by atoms with Crippen molar-refractivity contribution in [2.24, 2.45) is 0 Å². The van der Waals surface area contributed by atoms with Gasteiger partial charge < -0.3 is 10.6 Å². The molecular formula is C22H18Cl2N6O2S4. The Labute approximate surface area is 233 Å². The lowest BCUT2D eigenvalue weighted by atomic mass is 10.0. The largest absolute Gasteiger partial charge is 0.324 e. The zero-order valence-electron chi connectivity index (χ0n) is 18.9. The molecule has 2 heterocycles. The van der Waals surface area contributed by atoms with Crippen LogP contribution in [-0.2, 0) is 9.59 Å². The maximum Gasteiger partial charge on any atom is 0.234 e. The quantitative estimate of drug-likeness (QED) is 0.212. The molecule has 36 heavy (non-hydrogen) atoms. The van der Waals surface area contributed by atoms with Gasteiger partial charge in [0.05, 0.1) is 32.9 Å².